The van der Waals surface area contributed by atoms with Gasteiger partial charge in [0, 0.05) is 38.9 Å². The Morgan fingerprint density at radius 1 is 1.35 bits per heavy atom. The fourth-order valence-corrected chi connectivity index (χ4v) is 2.53. The van der Waals surface area contributed by atoms with Gasteiger partial charge in [-0.05, 0) is 12.1 Å². The van der Waals surface area contributed by atoms with Gasteiger partial charge < -0.3 is 14.9 Å². The molecule has 126 valence electrons. The second kappa shape index (κ2) is 6.05. The Morgan fingerprint density at radius 2 is 2.00 bits per heavy atom. The van der Waals surface area contributed by atoms with Gasteiger partial charge in [-0.3, -0.25) is 9.59 Å². The Morgan fingerprint density at radius 3 is 2.48 bits per heavy atom. The normalized spacial score (nSPS) is 21.3. The number of alkyl halides is 3. The molecule has 23 heavy (non-hydrogen) atoms. The van der Waals surface area contributed by atoms with Crippen molar-refractivity contribution in [2.24, 2.45) is 11.8 Å². The predicted molar refractivity (Wildman–Crippen MR) is 75.1 cm³/mol. The van der Waals surface area contributed by atoms with E-state index in [2.05, 4.69) is 4.98 Å². The van der Waals surface area contributed by atoms with Crippen molar-refractivity contribution in [1.82, 2.24) is 9.88 Å². The van der Waals surface area contributed by atoms with E-state index in [0.29, 0.717) is 5.82 Å². The largest absolute Gasteiger partial charge is 0.481 e. The van der Waals surface area contributed by atoms with E-state index >= 15 is 0 Å². The first-order valence-electron chi connectivity index (χ1n) is 6.83. The summed E-state index contributed by atoms with van der Waals surface area (Å²) < 4.78 is 38.9. The van der Waals surface area contributed by atoms with E-state index in [1.165, 1.54) is 18.3 Å². The van der Waals surface area contributed by atoms with Crippen molar-refractivity contribution in [2.75, 3.05) is 32.1 Å². The van der Waals surface area contributed by atoms with E-state index in [4.69, 9.17) is 5.11 Å². The highest BCUT2D eigenvalue weighted by Crippen LogP contribution is 2.38. The third kappa shape index (κ3) is 3.54. The summed E-state index contributed by atoms with van der Waals surface area (Å²) in [6.07, 6.45) is -3.28. The molecule has 2 atom stereocenters. The predicted octanol–water partition coefficient (Wildman–Crippen LogP) is 1.48. The van der Waals surface area contributed by atoms with Gasteiger partial charge in [-0.2, -0.15) is 13.2 Å². The lowest BCUT2D eigenvalue weighted by Gasteiger charge is -2.19. The molecule has 1 N–H and O–H groups in total. The van der Waals surface area contributed by atoms with E-state index in [1.54, 1.807) is 19.0 Å². The smallest absolute Gasteiger partial charge is 0.394 e. The zero-order valence-corrected chi connectivity index (χ0v) is 12.5. The lowest BCUT2D eigenvalue weighted by Crippen LogP contribution is -2.34. The van der Waals surface area contributed by atoms with Crippen LogP contribution in [-0.4, -0.2) is 60.2 Å². The molecule has 0 aromatic carbocycles. The van der Waals surface area contributed by atoms with Crippen LogP contribution in [0.3, 0.4) is 0 Å². The molecule has 1 aliphatic rings. The number of aromatic nitrogens is 1. The third-order valence-electron chi connectivity index (χ3n) is 3.80. The monoisotopic (exact) mass is 331 g/mol. The van der Waals surface area contributed by atoms with Gasteiger partial charge in [-0.25, -0.2) is 4.98 Å². The zero-order chi connectivity index (χ0) is 17.4. The maximum absolute atomic E-state index is 13.0. The number of anilines is 1. The van der Waals surface area contributed by atoms with Crippen molar-refractivity contribution in [3.63, 3.8) is 0 Å². The fourth-order valence-electron chi connectivity index (χ4n) is 2.53. The minimum atomic E-state index is -4.66. The molecule has 0 radical (unpaired) electrons. The Bertz CT molecular complexity index is 619. The van der Waals surface area contributed by atoms with E-state index in [9.17, 15) is 22.8 Å². The number of hydrogen-bond donors (Lipinski definition) is 1. The fraction of sp³-hybridized carbons (Fsp3) is 0.500. The number of carbonyl (C=O) groups is 2. The first-order valence-corrected chi connectivity index (χ1v) is 6.83. The number of hydrogen-bond acceptors (Lipinski definition) is 4. The van der Waals surface area contributed by atoms with Gasteiger partial charge in [0.2, 0.25) is 0 Å². The van der Waals surface area contributed by atoms with Gasteiger partial charge in [0.05, 0.1) is 11.8 Å². The van der Waals surface area contributed by atoms with Crippen molar-refractivity contribution in [3.05, 3.63) is 23.9 Å². The molecule has 0 unspecified atom stereocenters. The molecular weight excluding hydrogens is 315 g/mol. The van der Waals surface area contributed by atoms with Crippen molar-refractivity contribution < 1.29 is 27.9 Å². The summed E-state index contributed by atoms with van der Waals surface area (Å²) in [6.45, 7) is -1.11. The Hall–Kier alpha value is -2.32. The number of amides is 1. The number of carboxylic acids is 1. The molecule has 1 saturated heterocycles. The molecule has 1 aliphatic heterocycles. The van der Waals surface area contributed by atoms with Crippen LogP contribution in [0, 0.1) is 11.8 Å². The highest BCUT2D eigenvalue weighted by atomic mass is 19.4. The Kier molecular flexibility index (Phi) is 4.49. The van der Waals surface area contributed by atoms with Crippen LogP contribution in [-0.2, 0) is 4.79 Å². The standard InChI is InChI=1S/C14H16F3N3O3/c1-19(2)11-5-8(3-4-18-11)12(21)20-6-9(13(22)23)10(7-20)14(15,16)17/h3-5,9-10H,6-7H2,1-2H3,(H,22,23)/t9-,10-/m1/s1. The summed E-state index contributed by atoms with van der Waals surface area (Å²) in [7, 11) is 3.43. The van der Waals surface area contributed by atoms with E-state index in [0.717, 1.165) is 4.90 Å². The Balaban J connectivity index is 2.24. The van der Waals surface area contributed by atoms with E-state index in [1.807, 2.05) is 0 Å². The van der Waals surface area contributed by atoms with Crippen LogP contribution in [0.5, 0.6) is 0 Å². The van der Waals surface area contributed by atoms with Crippen molar-refractivity contribution in [3.8, 4) is 0 Å². The van der Waals surface area contributed by atoms with Crippen LogP contribution < -0.4 is 4.90 Å². The number of likely N-dealkylation sites (tertiary alicyclic amines) is 1. The number of carbonyl (C=O) groups excluding carboxylic acids is 1. The number of aliphatic carboxylic acids is 1. The van der Waals surface area contributed by atoms with Gasteiger partial charge in [0.25, 0.3) is 5.91 Å². The highest BCUT2D eigenvalue weighted by molar-refractivity contribution is 5.95. The summed E-state index contributed by atoms with van der Waals surface area (Å²) in [5, 5.41) is 8.98. The second-order valence-corrected chi connectivity index (χ2v) is 5.60. The molecule has 6 nitrogen and oxygen atoms in total. The van der Waals surface area contributed by atoms with Crippen LogP contribution in [0.2, 0.25) is 0 Å². The maximum atomic E-state index is 13.0. The SMILES string of the molecule is CN(C)c1cc(C(=O)N2C[C@@H](C(F)(F)F)[C@H](C(=O)O)C2)ccn1. The molecule has 1 amide bonds. The first-order chi connectivity index (χ1) is 10.6. The number of nitrogens with zero attached hydrogens (tertiary/aromatic N) is 3. The average molecular weight is 331 g/mol. The van der Waals surface area contributed by atoms with Gasteiger partial charge >= 0.3 is 12.1 Å². The van der Waals surface area contributed by atoms with Crippen LogP contribution in [0.1, 0.15) is 10.4 Å². The number of carboxylic acid groups (broad SMARTS) is 1. The highest BCUT2D eigenvalue weighted by Gasteiger charge is 2.53. The van der Waals surface area contributed by atoms with Crippen LogP contribution in [0.25, 0.3) is 0 Å². The molecule has 0 bridgehead atoms. The summed E-state index contributed by atoms with van der Waals surface area (Å²) in [4.78, 5) is 30.0. The van der Waals surface area contributed by atoms with Crippen LogP contribution >= 0.6 is 0 Å². The molecule has 1 aromatic heterocycles. The van der Waals surface area contributed by atoms with E-state index < -0.39 is 43.0 Å². The lowest BCUT2D eigenvalue weighted by atomic mass is 9.96. The summed E-state index contributed by atoms with van der Waals surface area (Å²) in [5.41, 5.74) is 0.177. The number of pyridine rings is 1. The van der Waals surface area contributed by atoms with Gasteiger partial charge in [-0.1, -0.05) is 0 Å². The maximum Gasteiger partial charge on any atom is 0.394 e. The zero-order valence-electron chi connectivity index (χ0n) is 12.5. The molecule has 0 saturated carbocycles. The second-order valence-electron chi connectivity index (χ2n) is 5.60. The van der Waals surface area contributed by atoms with Gasteiger partial charge in [0.15, 0.2) is 0 Å². The van der Waals surface area contributed by atoms with Crippen molar-refractivity contribution in [1.29, 1.82) is 0 Å². The molecule has 1 aromatic rings. The topological polar surface area (TPSA) is 73.7 Å². The van der Waals surface area contributed by atoms with Crippen LogP contribution in [0.4, 0.5) is 19.0 Å². The molecule has 1 fully saturated rings. The molecule has 0 aliphatic carbocycles. The lowest BCUT2D eigenvalue weighted by molar-refractivity contribution is -0.187. The van der Waals surface area contributed by atoms with Gasteiger partial charge in [0.1, 0.15) is 5.82 Å². The molecule has 0 spiro atoms. The Labute approximate surface area is 130 Å². The minimum Gasteiger partial charge on any atom is -0.481 e. The summed E-state index contributed by atoms with van der Waals surface area (Å²) in [6, 6.07) is 2.85. The first kappa shape index (κ1) is 17.0. The molecular formula is C14H16F3N3O3. The van der Waals surface area contributed by atoms with E-state index in [-0.39, 0.29) is 5.56 Å². The minimum absolute atomic E-state index is 0.177. The summed E-state index contributed by atoms with van der Waals surface area (Å²) >= 11 is 0. The number of halogens is 3. The van der Waals surface area contributed by atoms with Gasteiger partial charge in [-0.15, -0.1) is 0 Å². The quantitative estimate of drug-likeness (QED) is 0.908. The summed E-state index contributed by atoms with van der Waals surface area (Å²) in [5.74, 6) is -5.40. The molecule has 2 rings (SSSR count). The molecule has 2 heterocycles. The van der Waals surface area contributed by atoms with Crippen molar-refractivity contribution >= 4 is 17.7 Å². The van der Waals surface area contributed by atoms with Crippen molar-refractivity contribution in [2.45, 2.75) is 6.18 Å². The average Bonchev–Trinajstić information content (AvgIpc) is 2.92. The molecule has 9 heteroatoms. The van der Waals surface area contributed by atoms with Crippen LogP contribution in [0.15, 0.2) is 18.3 Å². The number of rotatable bonds is 3. The third-order valence-corrected chi connectivity index (χ3v) is 3.80.